The van der Waals surface area contributed by atoms with Gasteiger partial charge in [0.05, 0.1) is 7.11 Å². The molecule has 3 rings (SSSR count). The largest absolute Gasteiger partial charge is 0.497 e. The van der Waals surface area contributed by atoms with E-state index in [1.807, 2.05) is 4.90 Å². The number of hydrogen-bond donors (Lipinski definition) is 2. The van der Waals surface area contributed by atoms with Gasteiger partial charge < -0.3 is 20.3 Å². The fourth-order valence-electron chi connectivity index (χ4n) is 3.12. The van der Waals surface area contributed by atoms with Gasteiger partial charge in [-0.2, -0.15) is 0 Å². The Balaban J connectivity index is 1.59. The summed E-state index contributed by atoms with van der Waals surface area (Å²) in [4.78, 5) is 26.7. The number of ether oxygens (including phenoxy) is 1. The summed E-state index contributed by atoms with van der Waals surface area (Å²) in [6, 6.07) is 7.07. The van der Waals surface area contributed by atoms with Crippen molar-refractivity contribution in [2.24, 2.45) is 5.92 Å². The second-order valence-corrected chi connectivity index (χ2v) is 8.50. The Kier molecular flexibility index (Phi) is 7.03. The number of hydrogen-bond acceptors (Lipinski definition) is 6. The second-order valence-electron chi connectivity index (χ2n) is 7.49. The first kappa shape index (κ1) is 21.0. The number of nitrogens with one attached hydrogen (secondary N) is 2. The molecule has 0 bridgehead atoms. The lowest BCUT2D eigenvalue weighted by Crippen LogP contribution is -2.45. The maximum Gasteiger partial charge on any atom is 0.317 e. The van der Waals surface area contributed by atoms with Gasteiger partial charge in [-0.05, 0) is 43.0 Å². The molecule has 1 aliphatic heterocycles. The molecule has 0 unspecified atom stereocenters. The van der Waals surface area contributed by atoms with Gasteiger partial charge in [-0.3, -0.25) is 4.79 Å². The number of anilines is 1. The van der Waals surface area contributed by atoms with Crippen molar-refractivity contribution in [2.45, 2.75) is 32.6 Å². The fraction of sp³-hybridized carbons (Fsp3) is 0.500. The zero-order valence-electron chi connectivity index (χ0n) is 17.0. The highest BCUT2D eigenvalue weighted by Crippen LogP contribution is 2.29. The van der Waals surface area contributed by atoms with E-state index in [2.05, 4.69) is 34.7 Å². The van der Waals surface area contributed by atoms with E-state index in [1.165, 1.54) is 11.3 Å². The molecule has 1 aromatic carbocycles. The molecule has 9 heteroatoms. The summed E-state index contributed by atoms with van der Waals surface area (Å²) in [5.41, 5.74) is 0.665. The molecule has 3 amide bonds. The van der Waals surface area contributed by atoms with Crippen LogP contribution in [0.15, 0.2) is 24.3 Å². The van der Waals surface area contributed by atoms with Crippen LogP contribution in [0.5, 0.6) is 5.75 Å². The standard InChI is InChI=1S/C20H27N5O3S/c1-13(2)11-21-20(27)25-10-4-5-14(12-25)18-23-24-19(29-18)17(26)22-15-6-8-16(28-3)9-7-15/h6-9,13-14H,4-5,10-12H2,1-3H3,(H,21,27)(H,22,26)/t14-/m0/s1. The van der Waals surface area contributed by atoms with Gasteiger partial charge in [0.25, 0.3) is 5.91 Å². The van der Waals surface area contributed by atoms with Gasteiger partial charge in [0.2, 0.25) is 5.01 Å². The van der Waals surface area contributed by atoms with Crippen LogP contribution in [0.25, 0.3) is 0 Å². The summed E-state index contributed by atoms with van der Waals surface area (Å²) in [6.07, 6.45) is 1.84. The molecule has 0 saturated carbocycles. The average Bonchev–Trinajstić information content (AvgIpc) is 3.23. The SMILES string of the molecule is COc1ccc(NC(=O)c2nnc([C@H]3CCCN(C(=O)NCC(C)C)C3)s2)cc1. The first-order valence-electron chi connectivity index (χ1n) is 9.78. The minimum atomic E-state index is -0.291. The number of rotatable bonds is 6. The van der Waals surface area contributed by atoms with Crippen LogP contribution in [0, 0.1) is 5.92 Å². The third-order valence-electron chi connectivity index (χ3n) is 4.70. The summed E-state index contributed by atoms with van der Waals surface area (Å²) >= 11 is 1.29. The van der Waals surface area contributed by atoms with Crippen LogP contribution >= 0.6 is 11.3 Å². The predicted molar refractivity (Wildman–Crippen MR) is 113 cm³/mol. The minimum Gasteiger partial charge on any atom is -0.497 e. The van der Waals surface area contributed by atoms with Gasteiger partial charge in [0.1, 0.15) is 10.8 Å². The quantitative estimate of drug-likeness (QED) is 0.751. The Labute approximate surface area is 174 Å². The van der Waals surface area contributed by atoms with E-state index in [0.29, 0.717) is 29.7 Å². The molecule has 2 N–H and O–H groups in total. The Morgan fingerprint density at radius 3 is 2.72 bits per heavy atom. The fourth-order valence-corrected chi connectivity index (χ4v) is 3.98. The molecule has 8 nitrogen and oxygen atoms in total. The predicted octanol–water partition coefficient (Wildman–Crippen LogP) is 3.34. The molecule has 2 aromatic rings. The monoisotopic (exact) mass is 417 g/mol. The van der Waals surface area contributed by atoms with E-state index in [1.54, 1.807) is 31.4 Å². The highest BCUT2D eigenvalue weighted by atomic mass is 32.1. The summed E-state index contributed by atoms with van der Waals surface area (Å²) in [6.45, 7) is 6.13. The summed E-state index contributed by atoms with van der Waals surface area (Å²) in [7, 11) is 1.59. The number of carbonyl (C=O) groups excluding carboxylic acids is 2. The van der Waals surface area contributed by atoms with Crippen LogP contribution in [0.1, 0.15) is 47.4 Å². The van der Waals surface area contributed by atoms with Crippen LogP contribution in [0.2, 0.25) is 0 Å². The number of nitrogens with zero attached hydrogens (tertiary/aromatic N) is 3. The van der Waals surface area contributed by atoms with Crippen LogP contribution in [0.4, 0.5) is 10.5 Å². The van der Waals surface area contributed by atoms with Gasteiger partial charge in [-0.15, -0.1) is 10.2 Å². The number of urea groups is 1. The molecule has 1 aliphatic rings. The molecule has 0 radical (unpaired) electrons. The number of piperidine rings is 1. The van der Waals surface area contributed by atoms with E-state index in [-0.39, 0.29) is 17.9 Å². The third kappa shape index (κ3) is 5.66. The van der Waals surface area contributed by atoms with E-state index >= 15 is 0 Å². The van der Waals surface area contributed by atoms with Gasteiger partial charge in [-0.25, -0.2) is 4.79 Å². The number of amides is 3. The van der Waals surface area contributed by atoms with Gasteiger partial charge in [-0.1, -0.05) is 25.2 Å². The molecule has 1 saturated heterocycles. The maximum absolute atomic E-state index is 12.5. The average molecular weight is 418 g/mol. The van der Waals surface area contributed by atoms with Crippen molar-refractivity contribution in [3.8, 4) is 5.75 Å². The summed E-state index contributed by atoms with van der Waals surface area (Å²) in [5.74, 6) is 0.949. The summed E-state index contributed by atoms with van der Waals surface area (Å²) in [5, 5.41) is 15.2. The molecule has 29 heavy (non-hydrogen) atoms. The Hall–Kier alpha value is -2.68. The molecular weight excluding hydrogens is 390 g/mol. The number of benzene rings is 1. The third-order valence-corrected chi connectivity index (χ3v) is 5.79. The molecule has 0 spiro atoms. The van der Waals surface area contributed by atoms with E-state index in [9.17, 15) is 9.59 Å². The van der Waals surface area contributed by atoms with Gasteiger partial charge in [0, 0.05) is 31.2 Å². The lowest BCUT2D eigenvalue weighted by Gasteiger charge is -2.31. The van der Waals surface area contributed by atoms with Crippen LogP contribution < -0.4 is 15.4 Å². The van der Waals surface area contributed by atoms with E-state index < -0.39 is 0 Å². The van der Waals surface area contributed by atoms with Gasteiger partial charge in [0.15, 0.2) is 0 Å². The molecule has 2 heterocycles. The Bertz CT molecular complexity index is 837. The van der Waals surface area contributed by atoms with Crippen molar-refractivity contribution in [3.05, 3.63) is 34.3 Å². The second kappa shape index (κ2) is 9.69. The van der Waals surface area contributed by atoms with Crippen molar-refractivity contribution in [1.29, 1.82) is 0 Å². The summed E-state index contributed by atoms with van der Waals surface area (Å²) < 4.78 is 5.12. The van der Waals surface area contributed by atoms with Crippen molar-refractivity contribution >= 4 is 29.0 Å². The molecule has 1 fully saturated rings. The lowest BCUT2D eigenvalue weighted by atomic mass is 9.99. The minimum absolute atomic E-state index is 0.0367. The van der Waals surface area contributed by atoms with Gasteiger partial charge >= 0.3 is 6.03 Å². The molecular formula is C20H27N5O3S. The van der Waals surface area contributed by atoms with Crippen LogP contribution in [0.3, 0.4) is 0 Å². The number of likely N-dealkylation sites (tertiary alicyclic amines) is 1. The highest BCUT2D eigenvalue weighted by molar-refractivity contribution is 7.13. The Morgan fingerprint density at radius 1 is 1.28 bits per heavy atom. The lowest BCUT2D eigenvalue weighted by molar-refractivity contribution is 0.102. The Morgan fingerprint density at radius 2 is 2.03 bits per heavy atom. The van der Waals surface area contributed by atoms with Crippen molar-refractivity contribution in [3.63, 3.8) is 0 Å². The maximum atomic E-state index is 12.5. The zero-order valence-corrected chi connectivity index (χ0v) is 17.8. The van der Waals surface area contributed by atoms with E-state index in [0.717, 1.165) is 30.1 Å². The number of carbonyl (C=O) groups is 2. The van der Waals surface area contributed by atoms with E-state index in [4.69, 9.17) is 4.74 Å². The normalized spacial score (nSPS) is 16.6. The van der Waals surface area contributed by atoms with Crippen molar-refractivity contribution in [1.82, 2.24) is 20.4 Å². The topological polar surface area (TPSA) is 96.4 Å². The first-order chi connectivity index (χ1) is 14.0. The number of aromatic nitrogens is 2. The van der Waals surface area contributed by atoms with Crippen molar-refractivity contribution < 1.29 is 14.3 Å². The molecule has 1 atom stereocenters. The van der Waals surface area contributed by atoms with Crippen molar-refractivity contribution in [2.75, 3.05) is 32.1 Å². The smallest absolute Gasteiger partial charge is 0.317 e. The molecule has 156 valence electrons. The van der Waals surface area contributed by atoms with Crippen LogP contribution in [-0.4, -0.2) is 53.8 Å². The zero-order chi connectivity index (χ0) is 20.8. The van der Waals surface area contributed by atoms with Crippen LogP contribution in [-0.2, 0) is 0 Å². The molecule has 0 aliphatic carbocycles. The number of methoxy groups -OCH3 is 1. The highest BCUT2D eigenvalue weighted by Gasteiger charge is 2.28. The molecule has 1 aromatic heterocycles. The first-order valence-corrected chi connectivity index (χ1v) is 10.6.